The molecular weight excluding hydrogens is 181 g/mol. The van der Waals surface area contributed by atoms with E-state index in [-0.39, 0.29) is 51.4 Å². The van der Waals surface area contributed by atoms with Gasteiger partial charge in [0, 0.05) is 6.54 Å². The van der Waals surface area contributed by atoms with Gasteiger partial charge in [-0.1, -0.05) is 0 Å². The fourth-order valence-electron chi connectivity index (χ4n) is 0.426. The molecule has 60 valence electrons. The number of hydrogen-bond acceptors (Lipinski definition) is 1. The second-order valence-electron chi connectivity index (χ2n) is 2.32. The Morgan fingerprint density at radius 3 is 2.00 bits per heavy atom. The second-order valence-corrected chi connectivity index (χ2v) is 2.32. The summed E-state index contributed by atoms with van der Waals surface area (Å²) in [6.45, 7) is -4.40. The van der Waals surface area contributed by atoms with E-state index in [4.69, 9.17) is 0 Å². The van der Waals surface area contributed by atoms with E-state index in [0.29, 0.717) is 12.5 Å². The molecular formula is C5H10BF3KN. The van der Waals surface area contributed by atoms with E-state index in [1.54, 1.807) is 19.0 Å². The first-order chi connectivity index (χ1) is 4.42. The van der Waals surface area contributed by atoms with Gasteiger partial charge in [0.1, 0.15) is 0 Å². The third-order valence-corrected chi connectivity index (χ3v) is 0.825. The van der Waals surface area contributed by atoms with E-state index in [9.17, 15) is 12.9 Å². The smallest absolute Gasteiger partial charge is 0.445 e. The third kappa shape index (κ3) is 14.1. The Morgan fingerprint density at radius 1 is 1.27 bits per heavy atom. The summed E-state index contributed by atoms with van der Waals surface area (Å²) < 4.78 is 34.4. The summed E-state index contributed by atoms with van der Waals surface area (Å²) in [5.74, 6) is 0.306. The minimum Gasteiger partial charge on any atom is -0.445 e. The molecule has 0 radical (unpaired) electrons. The minimum atomic E-state index is -4.74. The number of halogens is 3. The van der Waals surface area contributed by atoms with Crippen LogP contribution in [0.5, 0.6) is 0 Å². The van der Waals surface area contributed by atoms with Crippen LogP contribution in [0.15, 0.2) is 12.1 Å². The standard InChI is InChI=1S/C5H10BF3N.K/c1-10(2)5-3-4-6(7,8)9;/h3-4H,5H2,1-2H3;/q-1;+1/b4-3+;. The van der Waals surface area contributed by atoms with E-state index < -0.39 is 6.98 Å². The molecule has 0 unspecified atom stereocenters. The summed E-state index contributed by atoms with van der Waals surface area (Å²) in [6.07, 6.45) is 1.11. The zero-order valence-corrected chi connectivity index (χ0v) is 10.1. The van der Waals surface area contributed by atoms with Gasteiger partial charge in [-0.15, -0.1) is 12.1 Å². The van der Waals surface area contributed by atoms with Gasteiger partial charge in [-0.25, -0.2) is 0 Å². The van der Waals surface area contributed by atoms with Crippen molar-refractivity contribution < 1.29 is 64.3 Å². The zero-order valence-electron chi connectivity index (χ0n) is 7.02. The van der Waals surface area contributed by atoms with E-state index in [1.165, 1.54) is 0 Å². The van der Waals surface area contributed by atoms with Crippen LogP contribution in [0.25, 0.3) is 0 Å². The number of nitrogens with zero attached hydrogens (tertiary/aromatic N) is 1. The Morgan fingerprint density at radius 2 is 1.73 bits per heavy atom. The average Bonchev–Trinajstić information content (AvgIpc) is 1.59. The van der Waals surface area contributed by atoms with Crippen molar-refractivity contribution in [3.05, 3.63) is 12.1 Å². The van der Waals surface area contributed by atoms with Crippen molar-refractivity contribution in [3.63, 3.8) is 0 Å². The molecule has 0 aromatic carbocycles. The van der Waals surface area contributed by atoms with Gasteiger partial charge in [0.2, 0.25) is 0 Å². The molecule has 0 N–H and O–H groups in total. The normalized spacial score (nSPS) is 12.2. The first kappa shape index (κ1) is 14.7. The van der Waals surface area contributed by atoms with Crippen LogP contribution in [0.3, 0.4) is 0 Å². The summed E-state index contributed by atoms with van der Waals surface area (Å²) in [7, 11) is 3.43. The Labute approximate surface area is 107 Å². The van der Waals surface area contributed by atoms with Crippen molar-refractivity contribution in [2.75, 3.05) is 20.6 Å². The maximum absolute atomic E-state index is 11.5. The van der Waals surface area contributed by atoms with Crippen molar-refractivity contribution in [3.8, 4) is 0 Å². The summed E-state index contributed by atoms with van der Waals surface area (Å²) in [5.41, 5.74) is 0. The molecule has 0 amide bonds. The molecule has 1 nitrogen and oxygen atoms in total. The van der Waals surface area contributed by atoms with Crippen LogP contribution in [0.4, 0.5) is 12.9 Å². The van der Waals surface area contributed by atoms with Gasteiger partial charge < -0.3 is 17.8 Å². The van der Waals surface area contributed by atoms with Gasteiger partial charge in [0.05, 0.1) is 0 Å². The van der Waals surface area contributed by atoms with E-state index in [2.05, 4.69) is 0 Å². The van der Waals surface area contributed by atoms with Crippen LogP contribution in [0.1, 0.15) is 0 Å². The average molecular weight is 191 g/mol. The predicted molar refractivity (Wildman–Crippen MR) is 36.8 cm³/mol. The van der Waals surface area contributed by atoms with Crippen LogP contribution in [0, 0.1) is 0 Å². The Bertz CT molecular complexity index is 123. The number of hydrogen-bond donors (Lipinski definition) is 0. The van der Waals surface area contributed by atoms with Crippen LogP contribution < -0.4 is 51.4 Å². The van der Waals surface area contributed by atoms with Gasteiger partial charge >= 0.3 is 58.4 Å². The van der Waals surface area contributed by atoms with E-state index in [1.807, 2.05) is 0 Å². The van der Waals surface area contributed by atoms with Crippen LogP contribution >= 0.6 is 0 Å². The molecule has 11 heavy (non-hydrogen) atoms. The summed E-state index contributed by atoms with van der Waals surface area (Å²) in [4.78, 5) is 1.66. The molecule has 0 aromatic heterocycles. The largest absolute Gasteiger partial charge is 1.00 e. The monoisotopic (exact) mass is 191 g/mol. The molecule has 0 aliphatic rings. The maximum atomic E-state index is 11.5. The zero-order chi connectivity index (χ0) is 8.20. The molecule has 0 rings (SSSR count). The van der Waals surface area contributed by atoms with Gasteiger partial charge in [-0.3, -0.25) is 0 Å². The Balaban J connectivity index is 0. The maximum Gasteiger partial charge on any atom is 1.00 e. The van der Waals surface area contributed by atoms with Crippen molar-refractivity contribution in [2.45, 2.75) is 0 Å². The van der Waals surface area contributed by atoms with E-state index >= 15 is 0 Å². The van der Waals surface area contributed by atoms with Crippen molar-refractivity contribution >= 4 is 6.98 Å². The molecule has 0 spiro atoms. The molecule has 0 saturated heterocycles. The molecule has 0 bridgehead atoms. The molecule has 0 aromatic rings. The summed E-state index contributed by atoms with van der Waals surface area (Å²) >= 11 is 0. The van der Waals surface area contributed by atoms with Gasteiger partial charge in [0.25, 0.3) is 0 Å². The van der Waals surface area contributed by atoms with Gasteiger partial charge in [0.15, 0.2) is 0 Å². The van der Waals surface area contributed by atoms with Gasteiger partial charge in [-0.2, -0.15) is 0 Å². The second kappa shape index (κ2) is 6.68. The third-order valence-electron chi connectivity index (χ3n) is 0.825. The Hall–Kier alpha value is 1.19. The fourth-order valence-corrected chi connectivity index (χ4v) is 0.426. The first-order valence-electron chi connectivity index (χ1n) is 2.94. The Kier molecular flexibility index (Phi) is 8.93. The van der Waals surface area contributed by atoms with Crippen LogP contribution in [-0.2, 0) is 0 Å². The topological polar surface area (TPSA) is 3.24 Å². The molecule has 0 fully saturated rings. The number of likely N-dealkylation sites (N-methyl/N-ethyl adjacent to an activating group) is 1. The SMILES string of the molecule is CN(C)C/C=C/[B-](F)(F)F.[K+]. The number of rotatable bonds is 3. The first-order valence-corrected chi connectivity index (χ1v) is 2.94. The van der Waals surface area contributed by atoms with Crippen molar-refractivity contribution in [1.29, 1.82) is 0 Å². The summed E-state index contributed by atoms with van der Waals surface area (Å²) in [6, 6.07) is 0. The molecule has 0 aliphatic carbocycles. The van der Waals surface area contributed by atoms with Crippen LogP contribution in [0.2, 0.25) is 0 Å². The molecule has 6 heteroatoms. The molecule has 0 saturated carbocycles. The van der Waals surface area contributed by atoms with E-state index in [0.717, 1.165) is 6.08 Å². The molecule has 0 atom stereocenters. The fraction of sp³-hybridized carbons (Fsp3) is 0.600. The van der Waals surface area contributed by atoms with Crippen molar-refractivity contribution in [1.82, 2.24) is 4.90 Å². The minimum absolute atomic E-state index is 0. The summed E-state index contributed by atoms with van der Waals surface area (Å²) in [5, 5.41) is 0. The van der Waals surface area contributed by atoms with Gasteiger partial charge in [-0.05, 0) is 14.1 Å². The predicted octanol–water partition coefficient (Wildman–Crippen LogP) is -1.51. The van der Waals surface area contributed by atoms with Crippen molar-refractivity contribution in [2.24, 2.45) is 0 Å². The van der Waals surface area contributed by atoms with Crippen LogP contribution in [-0.4, -0.2) is 32.5 Å². The molecule has 0 heterocycles. The quantitative estimate of drug-likeness (QED) is 0.490. The molecule has 0 aliphatic heterocycles.